The van der Waals surface area contributed by atoms with Gasteiger partial charge in [-0.1, -0.05) is 6.07 Å². The van der Waals surface area contributed by atoms with E-state index in [4.69, 9.17) is 0 Å². The zero-order valence-electron chi connectivity index (χ0n) is 11.5. The minimum atomic E-state index is -3.81. The Kier molecular flexibility index (Phi) is 4.71. The normalized spacial score (nSPS) is 11.3. The van der Waals surface area contributed by atoms with Crippen molar-refractivity contribution in [1.82, 2.24) is 9.71 Å². The Bertz CT molecular complexity index is 739. The average Bonchev–Trinajstić information content (AvgIpc) is 2.88. The molecule has 0 bridgehead atoms. The largest absolute Gasteiger partial charge is 0.465 e. The lowest BCUT2D eigenvalue weighted by atomic mass is 10.3. The van der Waals surface area contributed by atoms with E-state index in [1.165, 1.54) is 7.11 Å². The van der Waals surface area contributed by atoms with Crippen molar-refractivity contribution < 1.29 is 17.9 Å². The predicted molar refractivity (Wildman–Crippen MR) is 78.7 cm³/mol. The number of nitrogens with zero attached hydrogens (tertiary/aromatic N) is 1. The summed E-state index contributed by atoms with van der Waals surface area (Å²) < 4.78 is 31.8. The first kappa shape index (κ1) is 15.6. The maximum Gasteiger partial charge on any atom is 0.349 e. The molecule has 8 heteroatoms. The molecule has 0 saturated carbocycles. The van der Waals surface area contributed by atoms with Crippen LogP contribution in [0.3, 0.4) is 0 Å². The molecular weight excluding hydrogens is 312 g/mol. The second-order valence-electron chi connectivity index (χ2n) is 4.21. The molecule has 0 aromatic carbocycles. The van der Waals surface area contributed by atoms with E-state index in [-0.39, 0.29) is 16.3 Å². The molecule has 0 fully saturated rings. The number of methoxy groups -OCH3 is 1. The number of carbonyl (C=O) groups excluding carboxylic acids is 1. The summed E-state index contributed by atoms with van der Waals surface area (Å²) in [4.78, 5) is 15.7. The highest BCUT2D eigenvalue weighted by Gasteiger charge is 2.27. The Morgan fingerprint density at radius 2 is 2.19 bits per heavy atom. The van der Waals surface area contributed by atoms with E-state index in [1.54, 1.807) is 36.7 Å². The van der Waals surface area contributed by atoms with E-state index in [1.807, 2.05) is 0 Å². The van der Waals surface area contributed by atoms with Crippen molar-refractivity contribution in [2.24, 2.45) is 0 Å². The molecule has 2 aromatic rings. The Morgan fingerprint density at radius 3 is 2.81 bits per heavy atom. The van der Waals surface area contributed by atoms with Gasteiger partial charge in [0.05, 0.1) is 19.3 Å². The molecule has 2 aromatic heterocycles. The third-order valence-electron chi connectivity index (χ3n) is 2.73. The van der Waals surface area contributed by atoms with Crippen LogP contribution in [0.1, 0.15) is 20.9 Å². The Labute approximate surface area is 126 Å². The molecule has 0 radical (unpaired) electrons. The van der Waals surface area contributed by atoms with E-state index in [9.17, 15) is 13.2 Å². The van der Waals surface area contributed by atoms with Crippen LogP contribution in [0.15, 0.2) is 34.7 Å². The number of rotatable bonds is 5. The standard InChI is InChI=1S/C13H14N2O4S2/c1-9-8-20-11(13(16)19-2)12(9)21(17,18)15-7-10-5-3-4-6-14-10/h3-6,8,15H,7H2,1-2H3. The summed E-state index contributed by atoms with van der Waals surface area (Å²) in [6.07, 6.45) is 1.58. The molecular formula is C13H14N2O4S2. The van der Waals surface area contributed by atoms with Crippen LogP contribution < -0.4 is 4.72 Å². The van der Waals surface area contributed by atoms with Gasteiger partial charge in [-0.05, 0) is 30.0 Å². The highest BCUT2D eigenvalue weighted by Crippen LogP contribution is 2.27. The van der Waals surface area contributed by atoms with Gasteiger partial charge in [-0.25, -0.2) is 17.9 Å². The van der Waals surface area contributed by atoms with Crippen molar-refractivity contribution in [3.8, 4) is 0 Å². The molecule has 2 heterocycles. The number of nitrogens with one attached hydrogen (secondary N) is 1. The van der Waals surface area contributed by atoms with E-state index < -0.39 is 16.0 Å². The Balaban J connectivity index is 2.28. The summed E-state index contributed by atoms with van der Waals surface area (Å²) in [6.45, 7) is 1.69. The van der Waals surface area contributed by atoms with Crippen LogP contribution in [-0.4, -0.2) is 26.5 Å². The first-order valence-electron chi connectivity index (χ1n) is 6.01. The smallest absolute Gasteiger partial charge is 0.349 e. The fourth-order valence-electron chi connectivity index (χ4n) is 1.74. The van der Waals surface area contributed by atoms with Crippen molar-refractivity contribution in [1.29, 1.82) is 0 Å². The summed E-state index contributed by atoms with van der Waals surface area (Å²) in [5, 5.41) is 1.61. The second-order valence-corrected chi connectivity index (χ2v) is 6.80. The highest BCUT2D eigenvalue weighted by atomic mass is 32.2. The number of hydrogen-bond donors (Lipinski definition) is 1. The third kappa shape index (κ3) is 3.46. The molecule has 0 spiro atoms. The van der Waals surface area contributed by atoms with Gasteiger partial charge in [0.25, 0.3) is 0 Å². The summed E-state index contributed by atoms with van der Waals surface area (Å²) in [5.41, 5.74) is 1.10. The summed E-state index contributed by atoms with van der Waals surface area (Å²) in [6, 6.07) is 5.23. The van der Waals surface area contributed by atoms with Crippen LogP contribution in [0.5, 0.6) is 0 Å². The predicted octanol–water partition coefficient (Wildman–Crippen LogP) is 1.72. The molecule has 2 rings (SSSR count). The van der Waals surface area contributed by atoms with Gasteiger partial charge in [-0.2, -0.15) is 0 Å². The summed E-state index contributed by atoms with van der Waals surface area (Å²) >= 11 is 1.05. The van der Waals surface area contributed by atoms with Crippen molar-refractivity contribution in [2.75, 3.05) is 7.11 Å². The van der Waals surface area contributed by atoms with Crippen LogP contribution in [0, 0.1) is 6.92 Å². The number of aromatic nitrogens is 1. The molecule has 1 N–H and O–H groups in total. The molecule has 0 unspecified atom stereocenters. The van der Waals surface area contributed by atoms with Gasteiger partial charge in [0.2, 0.25) is 10.0 Å². The van der Waals surface area contributed by atoms with E-state index in [2.05, 4.69) is 14.4 Å². The molecule has 0 aliphatic heterocycles. The van der Waals surface area contributed by atoms with Crippen LogP contribution in [-0.2, 0) is 21.3 Å². The molecule has 112 valence electrons. The van der Waals surface area contributed by atoms with Gasteiger partial charge >= 0.3 is 5.97 Å². The Hall–Kier alpha value is -1.77. The Morgan fingerprint density at radius 1 is 1.43 bits per heavy atom. The minimum Gasteiger partial charge on any atom is -0.465 e. The van der Waals surface area contributed by atoms with E-state index >= 15 is 0 Å². The number of thiophene rings is 1. The van der Waals surface area contributed by atoms with Crippen LogP contribution in [0.25, 0.3) is 0 Å². The van der Waals surface area contributed by atoms with Crippen LogP contribution in [0.2, 0.25) is 0 Å². The lowest BCUT2D eigenvalue weighted by Gasteiger charge is -2.08. The lowest BCUT2D eigenvalue weighted by molar-refractivity contribution is 0.0602. The number of sulfonamides is 1. The molecule has 21 heavy (non-hydrogen) atoms. The zero-order chi connectivity index (χ0) is 15.5. The second kappa shape index (κ2) is 6.33. The summed E-state index contributed by atoms with van der Waals surface area (Å²) in [7, 11) is -2.59. The maximum atomic E-state index is 12.4. The monoisotopic (exact) mass is 326 g/mol. The number of carbonyl (C=O) groups is 1. The molecule has 0 aliphatic carbocycles. The lowest BCUT2D eigenvalue weighted by Crippen LogP contribution is -2.25. The first-order chi connectivity index (χ1) is 9.95. The molecule has 0 amide bonds. The van der Waals surface area contributed by atoms with Gasteiger partial charge in [-0.3, -0.25) is 4.98 Å². The van der Waals surface area contributed by atoms with Gasteiger partial charge in [-0.15, -0.1) is 11.3 Å². The van der Waals surface area contributed by atoms with Crippen molar-refractivity contribution >= 4 is 27.3 Å². The van der Waals surface area contributed by atoms with Crippen LogP contribution >= 0.6 is 11.3 Å². The number of aryl methyl sites for hydroxylation is 1. The molecule has 0 atom stereocenters. The first-order valence-corrected chi connectivity index (χ1v) is 8.38. The quantitative estimate of drug-likeness (QED) is 0.846. The van der Waals surface area contributed by atoms with Gasteiger partial charge in [0.15, 0.2) is 0 Å². The molecule has 0 saturated heterocycles. The molecule has 6 nitrogen and oxygen atoms in total. The number of hydrogen-bond acceptors (Lipinski definition) is 6. The highest BCUT2D eigenvalue weighted by molar-refractivity contribution is 7.89. The van der Waals surface area contributed by atoms with Gasteiger partial charge in [0.1, 0.15) is 9.77 Å². The SMILES string of the molecule is COC(=O)c1scc(C)c1S(=O)(=O)NCc1ccccn1. The van der Waals surface area contributed by atoms with Crippen LogP contribution in [0.4, 0.5) is 0 Å². The topological polar surface area (TPSA) is 85.4 Å². The number of pyridine rings is 1. The van der Waals surface area contributed by atoms with Gasteiger partial charge in [0, 0.05) is 6.20 Å². The van der Waals surface area contributed by atoms with E-state index in [0.717, 1.165) is 11.3 Å². The number of ether oxygens (including phenoxy) is 1. The van der Waals surface area contributed by atoms with E-state index in [0.29, 0.717) is 11.3 Å². The average molecular weight is 326 g/mol. The maximum absolute atomic E-state index is 12.4. The fraction of sp³-hybridized carbons (Fsp3) is 0.231. The fourth-order valence-corrected chi connectivity index (χ4v) is 4.45. The minimum absolute atomic E-state index is 0.0321. The number of esters is 1. The molecule has 0 aliphatic rings. The summed E-state index contributed by atoms with van der Waals surface area (Å²) in [5.74, 6) is -0.661. The van der Waals surface area contributed by atoms with Crippen molar-refractivity contribution in [3.63, 3.8) is 0 Å². The van der Waals surface area contributed by atoms with Crippen molar-refractivity contribution in [3.05, 3.63) is 45.9 Å². The zero-order valence-corrected chi connectivity index (χ0v) is 13.1. The van der Waals surface area contributed by atoms with Gasteiger partial charge < -0.3 is 4.74 Å². The van der Waals surface area contributed by atoms with Crippen molar-refractivity contribution in [2.45, 2.75) is 18.4 Å². The third-order valence-corrected chi connectivity index (χ3v) is 5.52.